The maximum atomic E-state index is 11.0. The number of H-pyrrole nitrogens is 1. The third kappa shape index (κ3) is 2.04. The van der Waals surface area contributed by atoms with Crippen molar-refractivity contribution in [1.29, 1.82) is 0 Å². The summed E-state index contributed by atoms with van der Waals surface area (Å²) in [4.78, 5) is 16.0. The topological polar surface area (TPSA) is 36.1 Å². The van der Waals surface area contributed by atoms with Gasteiger partial charge in [0.1, 0.15) is 0 Å². The lowest BCUT2D eigenvalue weighted by Gasteiger charge is -2.17. The van der Waals surface area contributed by atoms with Crippen molar-refractivity contribution in [3.05, 3.63) is 28.2 Å². The monoisotopic (exact) mass is 236 g/mol. The van der Waals surface area contributed by atoms with Crippen molar-refractivity contribution in [2.24, 2.45) is 0 Å². The molecule has 0 aromatic carbocycles. The van der Waals surface area contributed by atoms with Crippen LogP contribution in [-0.2, 0) is 6.42 Å². The van der Waals surface area contributed by atoms with E-state index in [4.69, 9.17) is 0 Å². The van der Waals surface area contributed by atoms with Gasteiger partial charge in [0.2, 0.25) is 5.56 Å². The van der Waals surface area contributed by atoms with Gasteiger partial charge in [-0.25, -0.2) is 0 Å². The predicted octanol–water partition coefficient (Wildman–Crippen LogP) is 1.60. The Morgan fingerprint density at radius 3 is 2.71 bits per heavy atom. The number of rotatable bonds is 0. The molecule has 0 amide bonds. The van der Waals surface area contributed by atoms with Crippen LogP contribution in [0, 0.1) is 0 Å². The minimum Gasteiger partial charge on any atom is -0.370 e. The van der Waals surface area contributed by atoms with Crippen LogP contribution < -0.4 is 10.5 Å². The molecule has 2 rings (SSSR count). The summed E-state index contributed by atoms with van der Waals surface area (Å²) in [5.74, 6) is 0. The molecule has 2 heterocycles. The summed E-state index contributed by atoms with van der Waals surface area (Å²) in [6.45, 7) is 2.15. The largest absolute Gasteiger partial charge is 0.370 e. The highest BCUT2D eigenvalue weighted by Gasteiger charge is 2.22. The van der Waals surface area contributed by atoms with Crippen LogP contribution in [0.15, 0.2) is 16.9 Å². The van der Waals surface area contributed by atoms with Gasteiger partial charge in [0, 0.05) is 31.3 Å². The normalized spacial score (nSPS) is 18.1. The maximum Gasteiger partial charge on any atom is 0.248 e. The molecule has 0 aliphatic carbocycles. The van der Waals surface area contributed by atoms with E-state index in [1.54, 1.807) is 6.07 Å². The third-order valence-electron chi connectivity index (χ3n) is 2.52. The van der Waals surface area contributed by atoms with E-state index in [9.17, 15) is 4.79 Å². The van der Waals surface area contributed by atoms with Gasteiger partial charge in [-0.05, 0) is 13.0 Å². The first-order valence-electron chi connectivity index (χ1n) is 4.13. The van der Waals surface area contributed by atoms with Gasteiger partial charge in [-0.3, -0.25) is 4.79 Å². The molecule has 0 saturated heterocycles. The summed E-state index contributed by atoms with van der Waals surface area (Å²) in [5, 5.41) is 0. The number of likely N-dealkylation sites (N-methyl/N-ethyl adjacent to an activating group) is 1. The fourth-order valence-electron chi connectivity index (χ4n) is 1.67. The zero-order chi connectivity index (χ0) is 8.72. The van der Waals surface area contributed by atoms with Gasteiger partial charge >= 0.3 is 0 Å². The molecule has 1 atom stereocenters. The Morgan fingerprint density at radius 2 is 2.07 bits per heavy atom. The van der Waals surface area contributed by atoms with Gasteiger partial charge in [0.05, 0.1) is 5.69 Å². The zero-order valence-corrected chi connectivity index (χ0v) is 9.74. The Kier molecular flexibility index (Phi) is 4.49. The number of hydrogen-bond acceptors (Lipinski definition) is 2. The van der Waals surface area contributed by atoms with Crippen molar-refractivity contribution in [2.75, 3.05) is 11.9 Å². The molecule has 1 aromatic rings. The quantitative estimate of drug-likeness (QED) is 0.743. The summed E-state index contributed by atoms with van der Waals surface area (Å²) in [5.41, 5.74) is 2.22. The number of halogens is 2. The summed E-state index contributed by atoms with van der Waals surface area (Å²) in [6, 6.07) is 3.96. The lowest BCUT2D eigenvalue weighted by molar-refractivity contribution is 0.726. The van der Waals surface area contributed by atoms with Crippen molar-refractivity contribution >= 4 is 30.5 Å². The van der Waals surface area contributed by atoms with E-state index >= 15 is 0 Å². The number of fused-ring (bicyclic) bond motifs is 1. The molecule has 3 nitrogen and oxygen atoms in total. The molecular formula is C9H14Cl2N2O. The second-order valence-electron chi connectivity index (χ2n) is 3.35. The summed E-state index contributed by atoms with van der Waals surface area (Å²) >= 11 is 0. The molecule has 0 spiro atoms. The van der Waals surface area contributed by atoms with Crippen molar-refractivity contribution < 1.29 is 0 Å². The molecule has 1 unspecified atom stereocenters. The van der Waals surface area contributed by atoms with Gasteiger partial charge in [-0.15, -0.1) is 24.8 Å². The number of aromatic nitrogens is 1. The Bertz CT molecular complexity index is 364. The smallest absolute Gasteiger partial charge is 0.248 e. The number of nitrogens with zero attached hydrogens (tertiary/aromatic N) is 1. The Balaban J connectivity index is 0.000000845. The van der Waals surface area contributed by atoms with Crippen LogP contribution in [0.25, 0.3) is 0 Å². The van der Waals surface area contributed by atoms with Crippen LogP contribution >= 0.6 is 24.8 Å². The van der Waals surface area contributed by atoms with Crippen molar-refractivity contribution in [1.82, 2.24) is 4.98 Å². The van der Waals surface area contributed by atoms with Crippen LogP contribution in [0.2, 0.25) is 0 Å². The minimum absolute atomic E-state index is 0. The standard InChI is InChI=1S/C9H12N2O.2ClH/c1-6-5-7-8(11(6)2)3-4-9(12)10-7;;/h3-4,6H,5H2,1-2H3,(H,10,12);2*1H. The zero-order valence-electron chi connectivity index (χ0n) is 8.11. The Morgan fingerprint density at radius 1 is 1.43 bits per heavy atom. The van der Waals surface area contributed by atoms with Crippen molar-refractivity contribution in [3.63, 3.8) is 0 Å². The molecule has 0 bridgehead atoms. The first kappa shape index (κ1) is 13.3. The highest BCUT2D eigenvalue weighted by atomic mass is 35.5. The summed E-state index contributed by atoms with van der Waals surface area (Å²) < 4.78 is 0. The van der Waals surface area contributed by atoms with E-state index in [2.05, 4.69) is 23.9 Å². The maximum absolute atomic E-state index is 11.0. The van der Waals surface area contributed by atoms with Crippen LogP contribution in [0.5, 0.6) is 0 Å². The number of anilines is 1. The first-order valence-corrected chi connectivity index (χ1v) is 4.13. The number of hydrogen-bond donors (Lipinski definition) is 1. The molecule has 1 aliphatic rings. The number of nitrogens with one attached hydrogen (secondary N) is 1. The van der Waals surface area contributed by atoms with Crippen molar-refractivity contribution in [3.8, 4) is 0 Å². The molecule has 14 heavy (non-hydrogen) atoms. The Labute approximate surface area is 95.3 Å². The number of pyridine rings is 1. The predicted molar refractivity (Wildman–Crippen MR) is 63.1 cm³/mol. The van der Waals surface area contributed by atoms with Crippen LogP contribution in [0.3, 0.4) is 0 Å². The van der Waals surface area contributed by atoms with E-state index < -0.39 is 0 Å². The van der Waals surface area contributed by atoms with E-state index in [1.807, 2.05) is 6.07 Å². The molecule has 5 heteroatoms. The van der Waals surface area contributed by atoms with Gasteiger partial charge in [-0.2, -0.15) is 0 Å². The molecule has 1 N–H and O–H groups in total. The Hall–Kier alpha value is -0.670. The highest BCUT2D eigenvalue weighted by Crippen LogP contribution is 2.26. The van der Waals surface area contributed by atoms with E-state index in [1.165, 1.54) is 0 Å². The average molecular weight is 237 g/mol. The van der Waals surface area contributed by atoms with Crippen LogP contribution in [0.4, 0.5) is 5.69 Å². The second-order valence-corrected chi connectivity index (χ2v) is 3.35. The lowest BCUT2D eigenvalue weighted by Crippen LogP contribution is -2.23. The fourth-order valence-corrected chi connectivity index (χ4v) is 1.67. The third-order valence-corrected chi connectivity index (χ3v) is 2.52. The van der Waals surface area contributed by atoms with E-state index in [0.717, 1.165) is 17.8 Å². The summed E-state index contributed by atoms with van der Waals surface area (Å²) in [7, 11) is 2.05. The molecule has 0 saturated carbocycles. The molecule has 1 aromatic heterocycles. The summed E-state index contributed by atoms with van der Waals surface area (Å²) in [6.07, 6.45) is 0.946. The highest BCUT2D eigenvalue weighted by molar-refractivity contribution is 5.85. The van der Waals surface area contributed by atoms with Gasteiger partial charge in [0.15, 0.2) is 0 Å². The van der Waals surface area contributed by atoms with Crippen LogP contribution in [0.1, 0.15) is 12.6 Å². The van der Waals surface area contributed by atoms with Crippen molar-refractivity contribution in [2.45, 2.75) is 19.4 Å². The van der Waals surface area contributed by atoms with E-state index in [-0.39, 0.29) is 30.4 Å². The van der Waals surface area contributed by atoms with E-state index in [0.29, 0.717) is 6.04 Å². The minimum atomic E-state index is -0.00347. The van der Waals surface area contributed by atoms with Gasteiger partial charge < -0.3 is 9.88 Å². The molecular weight excluding hydrogens is 223 g/mol. The lowest BCUT2D eigenvalue weighted by atomic mass is 10.2. The molecule has 0 fully saturated rings. The SMILES string of the molecule is CC1Cc2[nH]c(=O)ccc2N1C.Cl.Cl. The molecule has 1 aliphatic heterocycles. The average Bonchev–Trinajstić information content (AvgIpc) is 2.28. The molecule has 80 valence electrons. The van der Waals surface area contributed by atoms with Gasteiger partial charge in [0.25, 0.3) is 0 Å². The van der Waals surface area contributed by atoms with Gasteiger partial charge in [-0.1, -0.05) is 0 Å². The van der Waals surface area contributed by atoms with Crippen LogP contribution in [-0.4, -0.2) is 18.1 Å². The first-order chi connectivity index (χ1) is 5.68. The fraction of sp³-hybridized carbons (Fsp3) is 0.444. The molecule has 0 radical (unpaired) electrons. The number of aromatic amines is 1. The second kappa shape index (κ2) is 4.71.